The Morgan fingerprint density at radius 2 is 1.92 bits per heavy atom. The quantitative estimate of drug-likeness (QED) is 0.740. The third-order valence-electron chi connectivity index (χ3n) is 3.17. The number of fused-ring (bicyclic) bond motifs is 1. The molecule has 0 saturated carbocycles. The van der Waals surface area contributed by atoms with E-state index >= 15 is 0 Å². The minimum absolute atomic E-state index is 0.0511. The Morgan fingerprint density at radius 3 is 2.71 bits per heavy atom. The summed E-state index contributed by atoms with van der Waals surface area (Å²) in [6.45, 7) is 1.46. The number of rotatable bonds is 4. The van der Waals surface area contributed by atoms with Gasteiger partial charge in [-0.2, -0.15) is 0 Å². The summed E-state index contributed by atoms with van der Waals surface area (Å²) >= 11 is 0. The summed E-state index contributed by atoms with van der Waals surface area (Å²) in [6.07, 6.45) is 2.91. The largest absolute Gasteiger partial charge is 0.451 e. The lowest BCUT2D eigenvalue weighted by Crippen LogP contribution is -2.22. The van der Waals surface area contributed by atoms with E-state index in [0.29, 0.717) is 16.9 Å². The first kappa shape index (κ1) is 15.5. The molecule has 0 aliphatic carbocycles. The molecule has 1 N–H and O–H groups in total. The average Bonchev–Trinajstić information content (AvgIpc) is 2.59. The van der Waals surface area contributed by atoms with Crippen molar-refractivity contribution in [1.29, 1.82) is 0 Å². The fraction of sp³-hybridized carbons (Fsp3) is 0.118. The zero-order valence-corrected chi connectivity index (χ0v) is 12.9. The van der Waals surface area contributed by atoms with E-state index in [4.69, 9.17) is 4.74 Å². The first-order valence-corrected chi connectivity index (χ1v) is 7.23. The van der Waals surface area contributed by atoms with Crippen LogP contribution in [0.4, 0.5) is 5.82 Å². The molecule has 24 heavy (non-hydrogen) atoms. The smallest absolute Gasteiger partial charge is 0.359 e. The van der Waals surface area contributed by atoms with Crippen LogP contribution in [0.3, 0.4) is 0 Å². The van der Waals surface area contributed by atoms with E-state index in [0.717, 1.165) is 5.56 Å². The van der Waals surface area contributed by atoms with Crippen LogP contribution >= 0.6 is 0 Å². The summed E-state index contributed by atoms with van der Waals surface area (Å²) in [7, 11) is 0. The third-order valence-corrected chi connectivity index (χ3v) is 3.17. The second kappa shape index (κ2) is 6.82. The van der Waals surface area contributed by atoms with Gasteiger partial charge in [-0.15, -0.1) is 0 Å². The van der Waals surface area contributed by atoms with E-state index in [9.17, 15) is 9.59 Å². The van der Waals surface area contributed by atoms with Gasteiger partial charge in [0.2, 0.25) is 0 Å². The molecule has 0 aliphatic heterocycles. The maximum absolute atomic E-state index is 12.0. The van der Waals surface area contributed by atoms with E-state index in [-0.39, 0.29) is 5.69 Å². The van der Waals surface area contributed by atoms with Crippen LogP contribution in [0.25, 0.3) is 11.0 Å². The Hall–Kier alpha value is -3.35. The second-order valence-corrected chi connectivity index (χ2v) is 5.09. The highest BCUT2D eigenvalue weighted by Crippen LogP contribution is 2.09. The first-order chi connectivity index (χ1) is 11.6. The van der Waals surface area contributed by atoms with Gasteiger partial charge in [0.05, 0.1) is 17.2 Å². The Morgan fingerprint density at radius 1 is 1.12 bits per heavy atom. The van der Waals surface area contributed by atoms with Crippen LogP contribution in [-0.2, 0) is 9.53 Å². The number of carbonyl (C=O) groups excluding carboxylic acids is 2. The van der Waals surface area contributed by atoms with Crippen LogP contribution < -0.4 is 5.32 Å². The molecule has 120 valence electrons. The van der Waals surface area contributed by atoms with Gasteiger partial charge in [0, 0.05) is 6.20 Å². The Labute approximate surface area is 137 Å². The van der Waals surface area contributed by atoms with Gasteiger partial charge >= 0.3 is 5.97 Å². The first-order valence-electron chi connectivity index (χ1n) is 7.23. The van der Waals surface area contributed by atoms with E-state index in [1.807, 2.05) is 19.1 Å². The molecule has 3 aromatic rings. The molecule has 2 aromatic heterocycles. The Kier molecular flexibility index (Phi) is 4.42. The van der Waals surface area contributed by atoms with E-state index in [1.165, 1.54) is 6.20 Å². The van der Waals surface area contributed by atoms with Crippen LogP contribution in [0.1, 0.15) is 16.1 Å². The summed E-state index contributed by atoms with van der Waals surface area (Å²) in [5, 5.41) is 2.56. The van der Waals surface area contributed by atoms with Crippen molar-refractivity contribution in [3.8, 4) is 0 Å². The zero-order valence-electron chi connectivity index (χ0n) is 12.9. The molecule has 1 aromatic carbocycles. The second-order valence-electron chi connectivity index (χ2n) is 5.09. The number of benzene rings is 1. The molecule has 7 nitrogen and oxygen atoms in total. The number of carbonyl (C=O) groups is 2. The molecule has 0 atom stereocenters. The monoisotopic (exact) mass is 322 g/mol. The molecular formula is C17H14N4O3. The van der Waals surface area contributed by atoms with E-state index in [2.05, 4.69) is 20.3 Å². The number of para-hydroxylation sites is 2. The summed E-state index contributed by atoms with van der Waals surface area (Å²) in [5.41, 5.74) is 2.27. The summed E-state index contributed by atoms with van der Waals surface area (Å²) < 4.78 is 4.96. The van der Waals surface area contributed by atoms with Crippen molar-refractivity contribution in [2.24, 2.45) is 0 Å². The minimum Gasteiger partial charge on any atom is -0.451 e. The molecule has 1 amide bonds. The molecule has 7 heteroatoms. The standard InChI is InChI=1S/C17H14N4O3/c1-11-6-7-18-15(8-11)21-16(22)10-24-17(23)14-9-19-12-4-2-3-5-13(12)20-14/h2-9H,10H2,1H3,(H,18,21,22). The van der Waals surface area contributed by atoms with Crippen LogP contribution in [-0.4, -0.2) is 33.4 Å². The van der Waals surface area contributed by atoms with Gasteiger partial charge in [0.15, 0.2) is 12.3 Å². The molecule has 2 heterocycles. The van der Waals surface area contributed by atoms with Crippen molar-refractivity contribution in [1.82, 2.24) is 15.0 Å². The van der Waals surface area contributed by atoms with Crippen molar-refractivity contribution in [3.05, 3.63) is 60.0 Å². The predicted molar refractivity (Wildman–Crippen MR) is 87.4 cm³/mol. The summed E-state index contributed by atoms with van der Waals surface area (Å²) in [4.78, 5) is 36.1. The number of hydrogen-bond donors (Lipinski definition) is 1. The Bertz CT molecular complexity index is 911. The number of pyridine rings is 1. The maximum Gasteiger partial charge on any atom is 0.359 e. The average molecular weight is 322 g/mol. The third kappa shape index (κ3) is 3.70. The molecule has 3 rings (SSSR count). The number of ether oxygens (including phenoxy) is 1. The highest BCUT2D eigenvalue weighted by Gasteiger charge is 2.13. The molecule has 0 bridgehead atoms. The molecule has 0 spiro atoms. The number of nitrogens with one attached hydrogen (secondary N) is 1. The predicted octanol–water partition coefficient (Wildman–Crippen LogP) is 2.13. The van der Waals surface area contributed by atoms with Gasteiger partial charge < -0.3 is 10.1 Å². The van der Waals surface area contributed by atoms with Gasteiger partial charge in [-0.05, 0) is 36.8 Å². The number of aromatic nitrogens is 3. The zero-order chi connectivity index (χ0) is 16.9. The summed E-state index contributed by atoms with van der Waals surface area (Å²) in [6, 6.07) is 10.7. The van der Waals surface area contributed by atoms with Gasteiger partial charge in [0.1, 0.15) is 5.82 Å². The molecule has 0 unspecified atom stereocenters. The van der Waals surface area contributed by atoms with Crippen LogP contribution in [0.15, 0.2) is 48.8 Å². The number of amides is 1. The lowest BCUT2D eigenvalue weighted by Gasteiger charge is -2.06. The van der Waals surface area contributed by atoms with Crippen LogP contribution in [0.5, 0.6) is 0 Å². The van der Waals surface area contributed by atoms with Crippen molar-refractivity contribution in [2.75, 3.05) is 11.9 Å². The van der Waals surface area contributed by atoms with Crippen molar-refractivity contribution in [3.63, 3.8) is 0 Å². The fourth-order valence-electron chi connectivity index (χ4n) is 2.04. The maximum atomic E-state index is 12.0. The topological polar surface area (TPSA) is 94.1 Å². The number of esters is 1. The Balaban J connectivity index is 1.60. The van der Waals surface area contributed by atoms with Crippen molar-refractivity contribution in [2.45, 2.75) is 6.92 Å². The highest BCUT2D eigenvalue weighted by atomic mass is 16.5. The van der Waals surface area contributed by atoms with Gasteiger partial charge in [-0.25, -0.2) is 14.8 Å². The number of hydrogen-bond acceptors (Lipinski definition) is 6. The molecule has 0 radical (unpaired) electrons. The fourth-order valence-corrected chi connectivity index (χ4v) is 2.04. The normalized spacial score (nSPS) is 10.4. The van der Waals surface area contributed by atoms with E-state index < -0.39 is 18.5 Å². The summed E-state index contributed by atoms with van der Waals surface area (Å²) in [5.74, 6) is -0.780. The highest BCUT2D eigenvalue weighted by molar-refractivity contribution is 5.94. The molecule has 0 fully saturated rings. The lowest BCUT2D eigenvalue weighted by atomic mass is 10.3. The minimum atomic E-state index is -0.708. The van der Waals surface area contributed by atoms with E-state index in [1.54, 1.807) is 30.5 Å². The number of anilines is 1. The van der Waals surface area contributed by atoms with Gasteiger partial charge in [0.25, 0.3) is 5.91 Å². The SMILES string of the molecule is Cc1ccnc(NC(=O)COC(=O)c2cnc3ccccc3n2)c1. The van der Waals surface area contributed by atoms with Crippen LogP contribution in [0, 0.1) is 6.92 Å². The molecule has 0 aliphatic rings. The molecule has 0 saturated heterocycles. The number of nitrogens with zero attached hydrogens (tertiary/aromatic N) is 3. The van der Waals surface area contributed by atoms with Gasteiger partial charge in [-0.1, -0.05) is 12.1 Å². The van der Waals surface area contributed by atoms with Crippen molar-refractivity contribution < 1.29 is 14.3 Å². The lowest BCUT2D eigenvalue weighted by molar-refractivity contribution is -0.119. The van der Waals surface area contributed by atoms with Gasteiger partial charge in [-0.3, -0.25) is 9.78 Å². The number of aryl methyl sites for hydroxylation is 1. The van der Waals surface area contributed by atoms with Crippen LogP contribution in [0.2, 0.25) is 0 Å². The molecular weight excluding hydrogens is 308 g/mol. The van der Waals surface area contributed by atoms with Crippen molar-refractivity contribution >= 4 is 28.7 Å².